The van der Waals surface area contributed by atoms with Crippen molar-refractivity contribution >= 4 is 11.7 Å². The molecule has 4 heteroatoms. The van der Waals surface area contributed by atoms with Gasteiger partial charge in [-0.1, -0.05) is 6.07 Å². The number of nitrogens with zero attached hydrogens (tertiary/aromatic N) is 1. The zero-order chi connectivity index (χ0) is 11.9. The predicted octanol–water partition coefficient (Wildman–Crippen LogP) is 1.80. The van der Waals surface area contributed by atoms with Crippen molar-refractivity contribution in [3.05, 3.63) is 24.4 Å². The molecule has 2 N–H and O–H groups in total. The first kappa shape index (κ1) is 12.0. The monoisotopic (exact) mass is 233 g/mol. The van der Waals surface area contributed by atoms with Crippen molar-refractivity contribution < 1.29 is 4.79 Å². The van der Waals surface area contributed by atoms with Gasteiger partial charge in [0, 0.05) is 12.6 Å². The van der Waals surface area contributed by atoms with Crippen molar-refractivity contribution in [2.45, 2.75) is 25.7 Å². The molecule has 1 aliphatic heterocycles. The molecular weight excluding hydrogens is 214 g/mol. The molecule has 2 rings (SSSR count). The summed E-state index contributed by atoms with van der Waals surface area (Å²) in [6, 6.07) is 5.51. The van der Waals surface area contributed by atoms with Crippen molar-refractivity contribution in [1.82, 2.24) is 10.3 Å². The average molecular weight is 233 g/mol. The molecule has 1 fully saturated rings. The third-order valence-electron chi connectivity index (χ3n) is 3.11. The summed E-state index contributed by atoms with van der Waals surface area (Å²) in [6.07, 6.45) is 5.70. The average Bonchev–Trinajstić information content (AvgIpc) is 2.39. The Labute approximate surface area is 102 Å². The molecule has 2 heterocycles. The van der Waals surface area contributed by atoms with Gasteiger partial charge in [0.15, 0.2) is 0 Å². The summed E-state index contributed by atoms with van der Waals surface area (Å²) in [4.78, 5) is 15.8. The minimum absolute atomic E-state index is 0.0641. The van der Waals surface area contributed by atoms with Gasteiger partial charge in [-0.05, 0) is 50.4 Å². The van der Waals surface area contributed by atoms with E-state index in [1.165, 1.54) is 12.8 Å². The van der Waals surface area contributed by atoms with Crippen molar-refractivity contribution in [1.29, 1.82) is 0 Å². The van der Waals surface area contributed by atoms with Crippen LogP contribution in [0.5, 0.6) is 0 Å². The summed E-state index contributed by atoms with van der Waals surface area (Å²) in [5.41, 5.74) is 0. The van der Waals surface area contributed by atoms with Crippen molar-refractivity contribution in [3.63, 3.8) is 0 Å². The van der Waals surface area contributed by atoms with Gasteiger partial charge in [0.1, 0.15) is 5.82 Å². The molecule has 0 bridgehead atoms. The fourth-order valence-corrected chi connectivity index (χ4v) is 2.15. The summed E-state index contributed by atoms with van der Waals surface area (Å²) in [6.45, 7) is 2.17. The highest BCUT2D eigenvalue weighted by Gasteiger charge is 2.14. The van der Waals surface area contributed by atoms with E-state index in [1.54, 1.807) is 12.3 Å². The zero-order valence-corrected chi connectivity index (χ0v) is 9.98. The van der Waals surface area contributed by atoms with Crippen LogP contribution >= 0.6 is 0 Å². The number of nitrogens with one attached hydrogen (secondary N) is 2. The van der Waals surface area contributed by atoms with Crippen LogP contribution in [0.15, 0.2) is 24.4 Å². The third kappa shape index (κ3) is 4.15. The maximum absolute atomic E-state index is 11.7. The molecule has 1 unspecified atom stereocenters. The lowest BCUT2D eigenvalue weighted by Crippen LogP contribution is -2.30. The van der Waals surface area contributed by atoms with Gasteiger partial charge in [-0.15, -0.1) is 0 Å². The number of rotatable bonds is 4. The molecule has 1 amide bonds. The molecule has 92 valence electrons. The van der Waals surface area contributed by atoms with Crippen LogP contribution in [0.1, 0.15) is 25.7 Å². The van der Waals surface area contributed by atoms with Gasteiger partial charge in [0.2, 0.25) is 5.91 Å². The Balaban J connectivity index is 1.70. The lowest BCUT2D eigenvalue weighted by Gasteiger charge is -2.22. The zero-order valence-electron chi connectivity index (χ0n) is 9.98. The smallest absolute Gasteiger partial charge is 0.225 e. The minimum Gasteiger partial charge on any atom is -0.316 e. The largest absolute Gasteiger partial charge is 0.316 e. The van der Waals surface area contributed by atoms with Crippen molar-refractivity contribution in [2.24, 2.45) is 5.92 Å². The highest BCUT2D eigenvalue weighted by atomic mass is 16.1. The minimum atomic E-state index is 0.0641. The van der Waals surface area contributed by atoms with Gasteiger partial charge in [0.05, 0.1) is 0 Å². The number of anilines is 1. The number of carbonyl (C=O) groups excluding carboxylic acids is 1. The number of hydrogen-bond donors (Lipinski definition) is 2. The van der Waals surface area contributed by atoms with Crippen LogP contribution in [-0.4, -0.2) is 24.0 Å². The van der Waals surface area contributed by atoms with E-state index in [0.717, 1.165) is 19.5 Å². The Bertz CT molecular complexity index is 347. The highest BCUT2D eigenvalue weighted by Crippen LogP contribution is 2.16. The first-order chi connectivity index (χ1) is 8.34. The van der Waals surface area contributed by atoms with Gasteiger partial charge in [-0.2, -0.15) is 0 Å². The van der Waals surface area contributed by atoms with Crippen LogP contribution in [0, 0.1) is 5.92 Å². The number of aromatic nitrogens is 1. The second kappa shape index (κ2) is 6.35. The first-order valence-electron chi connectivity index (χ1n) is 6.26. The summed E-state index contributed by atoms with van der Waals surface area (Å²) in [5.74, 6) is 1.35. The van der Waals surface area contributed by atoms with Gasteiger partial charge >= 0.3 is 0 Å². The topological polar surface area (TPSA) is 54.0 Å². The Morgan fingerprint density at radius 3 is 3.18 bits per heavy atom. The molecule has 0 radical (unpaired) electrons. The van der Waals surface area contributed by atoms with E-state index in [9.17, 15) is 4.79 Å². The Kier molecular flexibility index (Phi) is 4.50. The lowest BCUT2D eigenvalue weighted by atomic mass is 9.94. The van der Waals surface area contributed by atoms with Crippen molar-refractivity contribution in [2.75, 3.05) is 18.4 Å². The summed E-state index contributed by atoms with van der Waals surface area (Å²) in [7, 11) is 0. The number of hydrogen-bond acceptors (Lipinski definition) is 3. The standard InChI is InChI=1S/C13H19N3O/c17-13(16-12-5-1-2-9-15-12)7-6-11-4-3-8-14-10-11/h1-2,5,9,11,14H,3-4,6-8,10H2,(H,15,16,17). The quantitative estimate of drug-likeness (QED) is 0.833. The number of amides is 1. The molecule has 1 aromatic heterocycles. The maximum atomic E-state index is 11.7. The fraction of sp³-hybridized carbons (Fsp3) is 0.538. The number of piperidine rings is 1. The molecule has 1 aliphatic rings. The second-order valence-electron chi connectivity index (χ2n) is 4.51. The van der Waals surface area contributed by atoms with Crippen LogP contribution in [0.3, 0.4) is 0 Å². The van der Waals surface area contributed by atoms with Crippen LogP contribution in [0.25, 0.3) is 0 Å². The molecule has 0 aromatic carbocycles. The lowest BCUT2D eigenvalue weighted by molar-refractivity contribution is -0.116. The van der Waals surface area contributed by atoms with E-state index in [4.69, 9.17) is 0 Å². The van der Waals surface area contributed by atoms with Crippen molar-refractivity contribution in [3.8, 4) is 0 Å². The van der Waals surface area contributed by atoms with Crippen LogP contribution in [0.2, 0.25) is 0 Å². The van der Waals surface area contributed by atoms with Gasteiger partial charge in [-0.3, -0.25) is 4.79 Å². The van der Waals surface area contributed by atoms with Gasteiger partial charge in [0.25, 0.3) is 0 Å². The molecule has 0 saturated carbocycles. The van der Waals surface area contributed by atoms with E-state index in [2.05, 4.69) is 15.6 Å². The molecule has 17 heavy (non-hydrogen) atoms. The fourth-order valence-electron chi connectivity index (χ4n) is 2.15. The molecule has 1 atom stereocenters. The van der Waals surface area contributed by atoms with E-state index in [-0.39, 0.29) is 5.91 Å². The normalized spacial score (nSPS) is 19.9. The molecule has 0 spiro atoms. The van der Waals surface area contributed by atoms with Crippen LogP contribution in [-0.2, 0) is 4.79 Å². The first-order valence-corrected chi connectivity index (χ1v) is 6.26. The molecule has 1 saturated heterocycles. The summed E-state index contributed by atoms with van der Waals surface area (Å²) < 4.78 is 0. The Morgan fingerprint density at radius 2 is 2.47 bits per heavy atom. The third-order valence-corrected chi connectivity index (χ3v) is 3.11. The predicted molar refractivity (Wildman–Crippen MR) is 67.7 cm³/mol. The molecule has 0 aliphatic carbocycles. The van der Waals surface area contributed by atoms with Gasteiger partial charge in [-0.25, -0.2) is 4.98 Å². The highest BCUT2D eigenvalue weighted by molar-refractivity contribution is 5.89. The van der Waals surface area contributed by atoms with Crippen LogP contribution in [0.4, 0.5) is 5.82 Å². The Hall–Kier alpha value is -1.42. The van der Waals surface area contributed by atoms with E-state index >= 15 is 0 Å². The van der Waals surface area contributed by atoms with E-state index in [1.807, 2.05) is 12.1 Å². The molecular formula is C13H19N3O. The number of pyridine rings is 1. The van der Waals surface area contributed by atoms with E-state index in [0.29, 0.717) is 18.2 Å². The second-order valence-corrected chi connectivity index (χ2v) is 4.51. The SMILES string of the molecule is O=C(CCC1CCCNC1)Nc1ccccn1. The summed E-state index contributed by atoms with van der Waals surface area (Å²) >= 11 is 0. The number of carbonyl (C=O) groups is 1. The molecule has 4 nitrogen and oxygen atoms in total. The summed E-state index contributed by atoms with van der Waals surface area (Å²) in [5, 5.41) is 6.18. The molecule has 1 aromatic rings. The van der Waals surface area contributed by atoms with Gasteiger partial charge < -0.3 is 10.6 Å². The maximum Gasteiger partial charge on any atom is 0.225 e. The van der Waals surface area contributed by atoms with Crippen LogP contribution < -0.4 is 10.6 Å². The Morgan fingerprint density at radius 1 is 1.53 bits per heavy atom. The van der Waals surface area contributed by atoms with E-state index < -0.39 is 0 Å².